The zero-order valence-corrected chi connectivity index (χ0v) is 14.9. The Morgan fingerprint density at radius 3 is 1.25 bits per heavy atom. The minimum absolute atomic E-state index is 0.625. The van der Waals surface area contributed by atoms with Gasteiger partial charge in [-0.3, -0.25) is 0 Å². The summed E-state index contributed by atoms with van der Waals surface area (Å²) >= 11 is 0. The van der Waals surface area contributed by atoms with Crippen LogP contribution in [0.4, 0.5) is 9.59 Å². The molecule has 138 valence electrons. The minimum Gasteiger partial charge on any atom is -0.350 e. The highest BCUT2D eigenvalue weighted by Crippen LogP contribution is 2.11. The zero-order chi connectivity index (χ0) is 18.2. The fraction of sp³-hybridized carbons (Fsp3) is 0.750. The molecule has 0 heterocycles. The van der Waals surface area contributed by atoms with E-state index in [1.54, 1.807) is 0 Å². The highest BCUT2D eigenvalue weighted by molar-refractivity contribution is 5.84. The summed E-state index contributed by atoms with van der Waals surface area (Å²) < 4.78 is 0. The van der Waals surface area contributed by atoms with Gasteiger partial charge in [-0.2, -0.15) is 10.2 Å². The maximum atomic E-state index is 10.5. The van der Waals surface area contributed by atoms with Gasteiger partial charge >= 0.3 is 12.1 Å². The number of nitrogens with two attached hydrogens (primary N) is 2. The molecule has 0 aliphatic carbocycles. The number of unbranched alkanes of at least 4 members (excludes halogenated alkanes) is 7. The van der Waals surface area contributed by atoms with Gasteiger partial charge in [0.2, 0.25) is 0 Å². The van der Waals surface area contributed by atoms with Gasteiger partial charge in [0.05, 0.1) is 0 Å². The van der Waals surface area contributed by atoms with Gasteiger partial charge in [-0.15, -0.1) is 0 Å². The quantitative estimate of drug-likeness (QED) is 0.233. The van der Waals surface area contributed by atoms with Gasteiger partial charge in [0, 0.05) is 11.4 Å². The van der Waals surface area contributed by atoms with E-state index < -0.39 is 12.1 Å². The van der Waals surface area contributed by atoms with Crippen LogP contribution in [0.1, 0.15) is 78.1 Å². The molecule has 0 saturated carbocycles. The second kappa shape index (κ2) is 14.5. The first-order valence-corrected chi connectivity index (χ1v) is 8.59. The van der Waals surface area contributed by atoms with Gasteiger partial charge in [0.15, 0.2) is 0 Å². The second-order valence-corrected chi connectivity index (χ2v) is 5.97. The fourth-order valence-corrected chi connectivity index (χ4v) is 2.24. The van der Waals surface area contributed by atoms with E-state index in [9.17, 15) is 9.59 Å². The van der Waals surface area contributed by atoms with Crippen molar-refractivity contribution in [3.05, 3.63) is 0 Å². The molecule has 0 aromatic heterocycles. The number of amides is 4. The average Bonchev–Trinajstić information content (AvgIpc) is 2.52. The van der Waals surface area contributed by atoms with Crippen LogP contribution in [0.3, 0.4) is 0 Å². The predicted molar refractivity (Wildman–Crippen MR) is 97.8 cm³/mol. The van der Waals surface area contributed by atoms with Gasteiger partial charge in [-0.05, 0) is 39.5 Å². The Morgan fingerprint density at radius 1 is 0.667 bits per heavy atom. The lowest BCUT2D eigenvalue weighted by molar-refractivity contribution is 0.248. The molecule has 0 aromatic carbocycles. The molecule has 0 unspecified atom stereocenters. The molecule has 0 spiro atoms. The van der Waals surface area contributed by atoms with Crippen molar-refractivity contribution in [2.45, 2.75) is 78.1 Å². The highest BCUT2D eigenvalue weighted by Gasteiger charge is 1.97. The molecule has 0 aromatic rings. The van der Waals surface area contributed by atoms with Gasteiger partial charge < -0.3 is 11.5 Å². The van der Waals surface area contributed by atoms with Crippen molar-refractivity contribution in [3.63, 3.8) is 0 Å². The van der Waals surface area contributed by atoms with E-state index >= 15 is 0 Å². The Hall–Kier alpha value is -2.12. The van der Waals surface area contributed by atoms with Crippen LogP contribution in [0, 0.1) is 0 Å². The van der Waals surface area contributed by atoms with Crippen molar-refractivity contribution in [2.24, 2.45) is 21.7 Å². The summed E-state index contributed by atoms with van der Waals surface area (Å²) in [7, 11) is 0. The number of hydrazone groups is 2. The number of carbonyl (C=O) groups excluding carboxylic acids is 2. The van der Waals surface area contributed by atoms with Crippen LogP contribution >= 0.6 is 0 Å². The Labute approximate surface area is 144 Å². The average molecular weight is 340 g/mol. The van der Waals surface area contributed by atoms with Gasteiger partial charge in [-0.1, -0.05) is 38.5 Å². The third-order valence-corrected chi connectivity index (χ3v) is 3.54. The molecule has 0 rings (SSSR count). The van der Waals surface area contributed by atoms with Crippen molar-refractivity contribution < 1.29 is 9.59 Å². The van der Waals surface area contributed by atoms with Crippen molar-refractivity contribution in [1.29, 1.82) is 0 Å². The number of hydrogen-bond donors (Lipinski definition) is 4. The largest absolute Gasteiger partial charge is 0.350 e. The number of rotatable bonds is 13. The molecule has 0 saturated heterocycles. The zero-order valence-electron chi connectivity index (χ0n) is 14.9. The molecule has 0 fully saturated rings. The topological polar surface area (TPSA) is 135 Å². The second-order valence-electron chi connectivity index (χ2n) is 5.97. The Kier molecular flexibility index (Phi) is 13.2. The molecule has 8 nitrogen and oxygen atoms in total. The predicted octanol–water partition coefficient (Wildman–Crippen LogP) is 2.98. The molecular formula is C16H32N6O2. The van der Waals surface area contributed by atoms with Crippen molar-refractivity contribution in [3.8, 4) is 0 Å². The molecule has 0 bridgehead atoms. The number of nitrogens with one attached hydrogen (secondary N) is 2. The Morgan fingerprint density at radius 2 is 0.958 bits per heavy atom. The molecule has 4 amide bonds. The first kappa shape index (κ1) is 21.9. The molecule has 6 N–H and O–H groups in total. The molecular weight excluding hydrogens is 308 g/mol. The van der Waals surface area contributed by atoms with Gasteiger partial charge in [0.25, 0.3) is 0 Å². The maximum Gasteiger partial charge on any atom is 0.332 e. The molecule has 8 heteroatoms. The van der Waals surface area contributed by atoms with E-state index in [1.165, 1.54) is 38.5 Å². The van der Waals surface area contributed by atoms with E-state index in [0.717, 1.165) is 37.1 Å². The van der Waals surface area contributed by atoms with Crippen molar-refractivity contribution in [1.82, 2.24) is 10.9 Å². The summed E-state index contributed by atoms with van der Waals surface area (Å²) in [6, 6.07) is -1.25. The summed E-state index contributed by atoms with van der Waals surface area (Å²) in [5, 5.41) is 7.76. The normalized spacial score (nSPS) is 12.1. The van der Waals surface area contributed by atoms with Crippen LogP contribution in [-0.2, 0) is 0 Å². The highest BCUT2D eigenvalue weighted by atomic mass is 16.2. The molecule has 0 aliphatic heterocycles. The lowest BCUT2D eigenvalue weighted by Gasteiger charge is -2.03. The Bertz CT molecular complexity index is 394. The van der Waals surface area contributed by atoms with E-state index in [1.807, 2.05) is 13.8 Å². The number of primary amides is 2. The first-order chi connectivity index (χ1) is 11.4. The standard InChI is InChI=1S/C16H32N6O2/c1-13(19-21-15(17)23)11-9-7-5-3-4-6-8-10-12-14(2)20-22-16(18)24/h3-12H2,1-2H3,(H3,17,21,23)(H3,18,22,24)/b19-13+,20-14+. The summed E-state index contributed by atoms with van der Waals surface area (Å²) in [6.07, 6.45) is 11.2. The maximum absolute atomic E-state index is 10.5. The molecule has 0 atom stereocenters. The van der Waals surface area contributed by atoms with Crippen LogP contribution in [0.15, 0.2) is 10.2 Å². The molecule has 24 heavy (non-hydrogen) atoms. The van der Waals surface area contributed by atoms with Crippen LogP contribution < -0.4 is 22.3 Å². The number of carbonyl (C=O) groups is 2. The summed E-state index contributed by atoms with van der Waals surface area (Å²) in [6.45, 7) is 3.78. The third kappa shape index (κ3) is 16.3. The van der Waals surface area contributed by atoms with Gasteiger partial charge in [-0.25, -0.2) is 20.4 Å². The number of hydrogen-bond acceptors (Lipinski definition) is 4. The monoisotopic (exact) mass is 340 g/mol. The lowest BCUT2D eigenvalue weighted by atomic mass is 10.0. The number of nitrogens with zero attached hydrogens (tertiary/aromatic N) is 2. The number of urea groups is 2. The smallest absolute Gasteiger partial charge is 0.332 e. The van der Waals surface area contributed by atoms with Crippen molar-refractivity contribution >= 4 is 23.5 Å². The third-order valence-electron chi connectivity index (χ3n) is 3.54. The lowest BCUT2D eigenvalue weighted by Crippen LogP contribution is -2.25. The van der Waals surface area contributed by atoms with Crippen molar-refractivity contribution in [2.75, 3.05) is 0 Å². The van der Waals surface area contributed by atoms with Crippen LogP contribution in [0.25, 0.3) is 0 Å². The van der Waals surface area contributed by atoms with E-state index in [2.05, 4.69) is 21.1 Å². The first-order valence-electron chi connectivity index (χ1n) is 8.59. The van der Waals surface area contributed by atoms with E-state index in [0.29, 0.717) is 0 Å². The van der Waals surface area contributed by atoms with E-state index in [4.69, 9.17) is 11.5 Å². The summed E-state index contributed by atoms with van der Waals surface area (Å²) in [5.74, 6) is 0. The summed E-state index contributed by atoms with van der Waals surface area (Å²) in [5.41, 5.74) is 16.2. The van der Waals surface area contributed by atoms with Crippen LogP contribution in [-0.4, -0.2) is 23.5 Å². The summed E-state index contributed by atoms with van der Waals surface area (Å²) in [4.78, 5) is 21.0. The molecule has 0 aliphatic rings. The SMILES string of the molecule is C/C(CCCCCCCCCC/C(C)=N/NC(N)=O)=N\NC(N)=O. The van der Waals surface area contributed by atoms with Crippen LogP contribution in [0.5, 0.6) is 0 Å². The minimum atomic E-state index is -0.625. The molecule has 0 radical (unpaired) electrons. The van der Waals surface area contributed by atoms with Gasteiger partial charge in [0.1, 0.15) is 0 Å². The Balaban J connectivity index is 3.40. The van der Waals surface area contributed by atoms with E-state index in [-0.39, 0.29) is 0 Å². The van der Waals surface area contributed by atoms with Crippen LogP contribution in [0.2, 0.25) is 0 Å². The fourth-order valence-electron chi connectivity index (χ4n) is 2.24.